The molecule has 1 aromatic heterocycles. The third-order valence-electron chi connectivity index (χ3n) is 8.91. The number of nitrogens with zero attached hydrogens (tertiary/aromatic N) is 3. The summed E-state index contributed by atoms with van der Waals surface area (Å²) >= 11 is 6.16. The van der Waals surface area contributed by atoms with E-state index in [1.54, 1.807) is 30.3 Å². The van der Waals surface area contributed by atoms with Crippen molar-refractivity contribution in [3.8, 4) is 0 Å². The molecule has 3 aromatic rings. The molecule has 0 unspecified atom stereocenters. The summed E-state index contributed by atoms with van der Waals surface area (Å²) in [6.07, 6.45) is -0.303. The molecule has 45 heavy (non-hydrogen) atoms. The van der Waals surface area contributed by atoms with Gasteiger partial charge >= 0.3 is 11.9 Å². The van der Waals surface area contributed by atoms with Crippen LogP contribution in [0.2, 0.25) is 5.02 Å². The molecule has 11 heteroatoms. The van der Waals surface area contributed by atoms with Gasteiger partial charge in [-0.15, -0.1) is 0 Å². The molecule has 1 fully saturated rings. The number of rotatable bonds is 9. The zero-order valence-electron chi connectivity index (χ0n) is 24.7. The van der Waals surface area contributed by atoms with Crippen molar-refractivity contribution in [1.82, 2.24) is 14.0 Å². The van der Waals surface area contributed by atoms with Crippen LogP contribution in [0.25, 0.3) is 0 Å². The Balaban J connectivity index is 1.56. The number of benzene rings is 2. The fourth-order valence-electron chi connectivity index (χ4n) is 6.60. The van der Waals surface area contributed by atoms with Crippen LogP contribution >= 0.6 is 11.6 Å². The zero-order chi connectivity index (χ0) is 32.4. The van der Waals surface area contributed by atoms with Crippen molar-refractivity contribution >= 4 is 11.6 Å². The minimum atomic E-state index is -5.00. The molecule has 0 amide bonds. The highest BCUT2D eigenvalue weighted by molar-refractivity contribution is 6.30. The maximum Gasteiger partial charge on any atom is 0.418 e. The molecule has 1 atom stereocenters. The van der Waals surface area contributed by atoms with Gasteiger partial charge in [-0.25, -0.2) is 9.18 Å². The van der Waals surface area contributed by atoms with Gasteiger partial charge in [-0.3, -0.25) is 18.8 Å². The molecule has 5 rings (SSSR count). The molecule has 0 radical (unpaired) electrons. The van der Waals surface area contributed by atoms with E-state index in [1.165, 1.54) is 0 Å². The first-order valence-corrected chi connectivity index (χ1v) is 15.2. The highest BCUT2D eigenvalue weighted by Gasteiger charge is 2.46. The fraction of sp³-hybridized carbons (Fsp3) is 0.353. The first-order chi connectivity index (χ1) is 21.4. The number of fused-ring (bicyclic) bond motifs is 2. The molecule has 238 valence electrons. The summed E-state index contributed by atoms with van der Waals surface area (Å²) in [7, 11) is 0. The van der Waals surface area contributed by atoms with Gasteiger partial charge in [0.25, 0.3) is 5.56 Å². The molecule has 1 saturated heterocycles. The minimum absolute atomic E-state index is 0.209. The molecule has 1 aliphatic heterocycles. The average molecular weight is 643 g/mol. The van der Waals surface area contributed by atoms with E-state index in [9.17, 15) is 22.8 Å². The van der Waals surface area contributed by atoms with Crippen LogP contribution in [0.5, 0.6) is 0 Å². The van der Waals surface area contributed by atoms with Crippen molar-refractivity contribution in [2.24, 2.45) is 5.73 Å². The zero-order valence-corrected chi connectivity index (χ0v) is 25.5. The van der Waals surface area contributed by atoms with Gasteiger partial charge in [-0.05, 0) is 68.1 Å². The lowest BCUT2D eigenvalue weighted by molar-refractivity contribution is -0.0902. The molecule has 2 heterocycles. The van der Waals surface area contributed by atoms with E-state index in [4.69, 9.17) is 17.3 Å². The second-order valence-electron chi connectivity index (χ2n) is 11.7. The smallest absolute Gasteiger partial charge is 0.322 e. The van der Waals surface area contributed by atoms with Gasteiger partial charge in [0, 0.05) is 34.3 Å². The number of halogens is 5. The minimum Gasteiger partial charge on any atom is -0.322 e. The van der Waals surface area contributed by atoms with Gasteiger partial charge < -0.3 is 5.73 Å². The largest absolute Gasteiger partial charge is 0.418 e. The van der Waals surface area contributed by atoms with Crippen molar-refractivity contribution in [2.75, 3.05) is 13.1 Å². The topological polar surface area (TPSA) is 73.3 Å². The second kappa shape index (κ2) is 13.3. The Bertz CT molecular complexity index is 1740. The number of aromatic nitrogens is 2. The number of alkyl halides is 3. The average Bonchev–Trinajstić information content (AvgIpc) is 3.37. The summed E-state index contributed by atoms with van der Waals surface area (Å²) in [6.45, 7) is 4.18. The number of likely N-dealkylation sites (tertiary alicyclic amines) is 1. The highest BCUT2D eigenvalue weighted by atomic mass is 35.5. The molecule has 2 aromatic carbocycles. The van der Waals surface area contributed by atoms with Crippen molar-refractivity contribution in [3.05, 3.63) is 139 Å². The van der Waals surface area contributed by atoms with Gasteiger partial charge in [-0.2, -0.15) is 13.2 Å². The third-order valence-corrected chi connectivity index (χ3v) is 9.15. The van der Waals surface area contributed by atoms with Crippen LogP contribution in [-0.2, 0) is 31.5 Å². The van der Waals surface area contributed by atoms with Crippen LogP contribution in [-0.4, -0.2) is 33.3 Å². The predicted octanol–water partition coefficient (Wildman–Crippen LogP) is 6.37. The molecule has 2 N–H and O–H groups in total. The number of hydrogen-bond acceptors (Lipinski definition) is 4. The first kappa shape index (κ1) is 32.7. The Morgan fingerprint density at radius 2 is 1.76 bits per heavy atom. The van der Waals surface area contributed by atoms with Crippen LogP contribution in [0, 0.1) is 0 Å². The molecule has 1 spiro atoms. The van der Waals surface area contributed by atoms with Crippen LogP contribution in [0.3, 0.4) is 0 Å². The molecular formula is C34H35ClF4N4O2. The van der Waals surface area contributed by atoms with E-state index in [1.807, 2.05) is 24.3 Å². The molecule has 6 nitrogen and oxygen atoms in total. The Labute approximate surface area is 263 Å². The number of hydrogen-bond donors (Lipinski definition) is 1. The standard InChI is InChI=1S/C34H35ClF4N4O2/c1-2-3-12-26(34(37,38)39)27(36)21-42-29-13-14-33(15-17-41(18-16-33)20-23-8-7-11-25(35)19-23)30(29)31(44)43(32(42)45)22-28(40)24-9-5-4-6-10-24/h2-12,19,28H,1,13-18,20-22,40H2/b12-3-,27-26+/t28-/m0/s1. The summed E-state index contributed by atoms with van der Waals surface area (Å²) in [5.74, 6) is -1.53. The Kier molecular flexibility index (Phi) is 9.67. The number of allylic oxidation sites excluding steroid dienone is 5. The summed E-state index contributed by atoms with van der Waals surface area (Å²) < 4.78 is 58.9. The van der Waals surface area contributed by atoms with Crippen molar-refractivity contribution in [2.45, 2.75) is 63.0 Å². The SMILES string of the molecule is C=C/C=C\C(=C(/F)Cn1c2c(c(=O)n(C[C@H](N)c3ccccc3)c1=O)C1(CC2)CCN(Cc2cccc(Cl)c2)CC1)C(F)(F)F. The molecule has 0 saturated carbocycles. The van der Waals surface area contributed by atoms with E-state index >= 15 is 4.39 Å². The van der Waals surface area contributed by atoms with E-state index in [0.717, 1.165) is 26.8 Å². The fourth-order valence-corrected chi connectivity index (χ4v) is 6.82. The molecule has 2 aliphatic rings. The lowest BCUT2D eigenvalue weighted by Gasteiger charge is -2.40. The summed E-state index contributed by atoms with van der Waals surface area (Å²) in [5.41, 5.74) is 5.34. The summed E-state index contributed by atoms with van der Waals surface area (Å²) in [4.78, 5) is 30.3. The van der Waals surface area contributed by atoms with Crippen molar-refractivity contribution in [1.29, 1.82) is 0 Å². The Hall–Kier alpha value is -3.73. The van der Waals surface area contributed by atoms with Crippen LogP contribution in [0.4, 0.5) is 17.6 Å². The summed E-state index contributed by atoms with van der Waals surface area (Å²) in [6, 6.07) is 15.8. The Morgan fingerprint density at radius 1 is 1.04 bits per heavy atom. The maximum atomic E-state index is 15.5. The van der Waals surface area contributed by atoms with E-state index in [2.05, 4.69) is 11.5 Å². The van der Waals surface area contributed by atoms with Crippen LogP contribution in [0.15, 0.2) is 100 Å². The molecule has 1 aliphatic carbocycles. The normalized spacial score (nSPS) is 17.8. The molecule has 0 bridgehead atoms. The summed E-state index contributed by atoms with van der Waals surface area (Å²) in [5, 5.41) is 0.646. The quantitative estimate of drug-likeness (QED) is 0.218. The van der Waals surface area contributed by atoms with Gasteiger partial charge in [0.1, 0.15) is 5.83 Å². The second-order valence-corrected chi connectivity index (χ2v) is 12.2. The van der Waals surface area contributed by atoms with Gasteiger partial charge in [0.15, 0.2) is 0 Å². The van der Waals surface area contributed by atoms with Gasteiger partial charge in [0.2, 0.25) is 0 Å². The van der Waals surface area contributed by atoms with Crippen molar-refractivity contribution < 1.29 is 17.6 Å². The monoisotopic (exact) mass is 642 g/mol. The first-order valence-electron chi connectivity index (χ1n) is 14.8. The van der Waals surface area contributed by atoms with E-state index in [0.29, 0.717) is 66.8 Å². The third kappa shape index (κ3) is 6.93. The lowest BCUT2D eigenvalue weighted by Crippen LogP contribution is -2.49. The predicted molar refractivity (Wildman–Crippen MR) is 168 cm³/mol. The number of piperidine rings is 1. The lowest BCUT2D eigenvalue weighted by atomic mass is 9.74. The van der Waals surface area contributed by atoms with Crippen LogP contribution in [0.1, 0.15) is 47.7 Å². The maximum absolute atomic E-state index is 15.5. The van der Waals surface area contributed by atoms with E-state index < -0.39 is 46.8 Å². The van der Waals surface area contributed by atoms with Gasteiger partial charge in [-0.1, -0.05) is 72.8 Å². The Morgan fingerprint density at radius 3 is 2.40 bits per heavy atom. The molecular weight excluding hydrogens is 608 g/mol. The van der Waals surface area contributed by atoms with E-state index in [-0.39, 0.29) is 13.0 Å². The van der Waals surface area contributed by atoms with Gasteiger partial charge in [0.05, 0.1) is 18.7 Å². The highest BCUT2D eigenvalue weighted by Crippen LogP contribution is 2.45. The van der Waals surface area contributed by atoms with Crippen LogP contribution < -0.4 is 17.0 Å². The van der Waals surface area contributed by atoms with Crippen molar-refractivity contribution in [3.63, 3.8) is 0 Å². The number of nitrogens with two attached hydrogens (primary N) is 1.